The highest BCUT2D eigenvalue weighted by Gasteiger charge is 2.15. The minimum atomic E-state index is 0.574. The second kappa shape index (κ2) is 9.34. The highest BCUT2D eigenvalue weighted by Crippen LogP contribution is 2.36. The minimum absolute atomic E-state index is 0.574. The molecule has 0 fully saturated rings. The highest BCUT2D eigenvalue weighted by molar-refractivity contribution is 6.10. The molecule has 0 saturated heterocycles. The van der Waals surface area contributed by atoms with Gasteiger partial charge in [-0.1, -0.05) is 78.9 Å². The average Bonchev–Trinajstić information content (AvgIpc) is 3.32. The van der Waals surface area contributed by atoms with E-state index in [1.165, 1.54) is 16.3 Å². The zero-order chi connectivity index (χ0) is 25.3. The van der Waals surface area contributed by atoms with Crippen LogP contribution in [0.15, 0.2) is 140 Å². The number of ether oxygens (including phenoxy) is 1. The van der Waals surface area contributed by atoms with Gasteiger partial charge in [0.05, 0.1) is 11.0 Å². The van der Waals surface area contributed by atoms with E-state index < -0.39 is 0 Å². The summed E-state index contributed by atoms with van der Waals surface area (Å²) in [5.41, 5.74) is 6.72. The summed E-state index contributed by atoms with van der Waals surface area (Å²) in [6.45, 7) is 0. The Labute approximate surface area is 220 Å². The molecule has 0 unspecified atom stereocenters. The molecule has 0 saturated carbocycles. The van der Waals surface area contributed by atoms with Crippen LogP contribution in [-0.4, -0.2) is 14.5 Å². The van der Waals surface area contributed by atoms with Crippen LogP contribution in [0.1, 0.15) is 0 Å². The molecule has 4 nitrogen and oxygen atoms in total. The Balaban J connectivity index is 1.38. The van der Waals surface area contributed by atoms with Crippen LogP contribution in [0.2, 0.25) is 0 Å². The van der Waals surface area contributed by atoms with Crippen LogP contribution < -0.4 is 4.74 Å². The van der Waals surface area contributed by atoms with Crippen molar-refractivity contribution in [3.8, 4) is 39.7 Å². The van der Waals surface area contributed by atoms with Crippen molar-refractivity contribution in [2.75, 3.05) is 0 Å². The first-order valence-corrected chi connectivity index (χ1v) is 12.6. The lowest BCUT2D eigenvalue weighted by atomic mass is 10.0. The Hall–Kier alpha value is -5.22. The number of para-hydroxylation sites is 1. The molecule has 0 bridgehead atoms. The van der Waals surface area contributed by atoms with Crippen molar-refractivity contribution in [2.45, 2.75) is 0 Å². The molecule has 0 spiro atoms. The molecule has 180 valence electrons. The van der Waals surface area contributed by atoms with Crippen molar-refractivity contribution in [1.82, 2.24) is 14.5 Å². The van der Waals surface area contributed by atoms with Crippen LogP contribution in [0.4, 0.5) is 0 Å². The Morgan fingerprint density at radius 1 is 0.474 bits per heavy atom. The molecule has 4 heteroatoms. The first-order chi connectivity index (χ1) is 18.8. The molecular formula is C34H23N3O. The van der Waals surface area contributed by atoms with Gasteiger partial charge in [0.2, 0.25) is 5.88 Å². The topological polar surface area (TPSA) is 39.9 Å². The molecule has 0 atom stereocenters. The molecule has 0 amide bonds. The van der Waals surface area contributed by atoms with Crippen LogP contribution >= 0.6 is 0 Å². The van der Waals surface area contributed by atoms with Crippen molar-refractivity contribution < 1.29 is 4.74 Å². The average molecular weight is 490 g/mol. The molecule has 38 heavy (non-hydrogen) atoms. The predicted octanol–water partition coefficient (Wildman–Crippen LogP) is 8.70. The maximum Gasteiger partial charge on any atom is 0.219 e. The van der Waals surface area contributed by atoms with Crippen LogP contribution in [0.25, 0.3) is 49.9 Å². The first-order valence-electron chi connectivity index (χ1n) is 12.6. The normalized spacial score (nSPS) is 11.2. The van der Waals surface area contributed by atoms with Gasteiger partial charge in [0.1, 0.15) is 11.6 Å². The molecule has 7 rings (SSSR count). The van der Waals surface area contributed by atoms with Gasteiger partial charge in [-0.25, -0.2) is 9.97 Å². The number of rotatable bonds is 5. The van der Waals surface area contributed by atoms with Crippen LogP contribution in [0, 0.1) is 0 Å². The summed E-state index contributed by atoms with van der Waals surface area (Å²) in [6, 6.07) is 43.5. The summed E-state index contributed by atoms with van der Waals surface area (Å²) in [4.78, 5) is 9.09. The van der Waals surface area contributed by atoms with Gasteiger partial charge >= 0.3 is 0 Å². The first kappa shape index (κ1) is 22.0. The third-order valence-electron chi connectivity index (χ3n) is 6.78. The summed E-state index contributed by atoms with van der Waals surface area (Å²) in [7, 11) is 0. The maximum atomic E-state index is 6.00. The Kier molecular flexibility index (Phi) is 5.41. The summed E-state index contributed by atoms with van der Waals surface area (Å²) in [5, 5.41) is 2.39. The number of pyridine rings is 2. The van der Waals surface area contributed by atoms with Gasteiger partial charge in [-0.2, -0.15) is 0 Å². The molecule has 0 aliphatic rings. The van der Waals surface area contributed by atoms with Gasteiger partial charge in [0, 0.05) is 29.2 Å². The van der Waals surface area contributed by atoms with Crippen molar-refractivity contribution in [3.05, 3.63) is 140 Å². The maximum absolute atomic E-state index is 6.00. The summed E-state index contributed by atoms with van der Waals surface area (Å²) < 4.78 is 8.26. The smallest absolute Gasteiger partial charge is 0.219 e. The number of nitrogens with zero attached hydrogens (tertiary/aromatic N) is 3. The van der Waals surface area contributed by atoms with E-state index >= 15 is 0 Å². The molecule has 4 aromatic carbocycles. The van der Waals surface area contributed by atoms with Crippen LogP contribution in [0.3, 0.4) is 0 Å². The zero-order valence-corrected chi connectivity index (χ0v) is 20.5. The molecule has 0 radical (unpaired) electrons. The molecule has 7 aromatic rings. The summed E-state index contributed by atoms with van der Waals surface area (Å²) in [6.07, 6.45) is 3.62. The Bertz CT molecular complexity index is 1890. The van der Waals surface area contributed by atoms with Crippen LogP contribution in [0.5, 0.6) is 11.6 Å². The monoisotopic (exact) mass is 489 g/mol. The van der Waals surface area contributed by atoms with Crippen molar-refractivity contribution in [2.24, 2.45) is 0 Å². The second-order valence-electron chi connectivity index (χ2n) is 9.15. The standard InChI is InChI=1S/C34H23N3O/c1-2-9-24(10-3-1)27-18-20-35-33(23-27)37-31-14-5-4-13-29(31)30-17-16-26(22-32(30)37)25-11-8-12-28(21-25)38-34-15-6-7-19-36-34/h1-23H. The van der Waals surface area contributed by atoms with E-state index in [9.17, 15) is 0 Å². The Morgan fingerprint density at radius 3 is 2.13 bits per heavy atom. The zero-order valence-electron chi connectivity index (χ0n) is 20.5. The summed E-state index contributed by atoms with van der Waals surface area (Å²) >= 11 is 0. The van der Waals surface area contributed by atoms with Gasteiger partial charge in [0.15, 0.2) is 0 Å². The van der Waals surface area contributed by atoms with Crippen molar-refractivity contribution in [3.63, 3.8) is 0 Å². The number of benzene rings is 4. The minimum Gasteiger partial charge on any atom is -0.439 e. The van der Waals surface area contributed by atoms with Crippen molar-refractivity contribution in [1.29, 1.82) is 0 Å². The van der Waals surface area contributed by atoms with Gasteiger partial charge in [-0.15, -0.1) is 0 Å². The molecule has 0 aliphatic heterocycles. The molecular weight excluding hydrogens is 466 g/mol. The third kappa shape index (κ3) is 3.98. The SMILES string of the molecule is c1ccc(-c2ccnc(-n3c4ccccc4c4ccc(-c5cccc(Oc6ccccn6)c5)cc43)c2)cc1. The number of hydrogen-bond acceptors (Lipinski definition) is 3. The fourth-order valence-corrected chi connectivity index (χ4v) is 5.02. The van der Waals surface area contributed by atoms with Gasteiger partial charge < -0.3 is 4.74 Å². The lowest BCUT2D eigenvalue weighted by molar-refractivity contribution is 0.463. The van der Waals surface area contributed by atoms with Crippen molar-refractivity contribution >= 4 is 21.8 Å². The number of aromatic nitrogens is 3. The third-order valence-corrected chi connectivity index (χ3v) is 6.78. The van der Waals surface area contributed by atoms with Crippen LogP contribution in [-0.2, 0) is 0 Å². The largest absolute Gasteiger partial charge is 0.439 e. The molecule has 3 heterocycles. The molecule has 0 N–H and O–H groups in total. The molecule has 3 aromatic heterocycles. The van der Waals surface area contributed by atoms with Gasteiger partial charge in [0.25, 0.3) is 0 Å². The second-order valence-corrected chi connectivity index (χ2v) is 9.15. The lowest BCUT2D eigenvalue weighted by Crippen LogP contribution is -1.97. The Morgan fingerprint density at radius 2 is 1.24 bits per heavy atom. The van der Waals surface area contributed by atoms with Gasteiger partial charge in [-0.3, -0.25) is 4.57 Å². The highest BCUT2D eigenvalue weighted by atomic mass is 16.5. The van der Waals surface area contributed by atoms with E-state index in [2.05, 4.69) is 101 Å². The predicted molar refractivity (Wildman–Crippen MR) is 154 cm³/mol. The lowest BCUT2D eigenvalue weighted by Gasteiger charge is -2.11. The quantitative estimate of drug-likeness (QED) is 0.243. The van der Waals surface area contributed by atoms with Gasteiger partial charge in [-0.05, 0) is 64.7 Å². The number of hydrogen-bond donors (Lipinski definition) is 0. The van der Waals surface area contributed by atoms with E-state index in [4.69, 9.17) is 9.72 Å². The fourth-order valence-electron chi connectivity index (χ4n) is 5.02. The van der Waals surface area contributed by atoms with E-state index in [0.717, 1.165) is 39.3 Å². The fraction of sp³-hybridized carbons (Fsp3) is 0. The van der Waals surface area contributed by atoms with E-state index in [-0.39, 0.29) is 0 Å². The summed E-state index contributed by atoms with van der Waals surface area (Å²) in [5.74, 6) is 2.21. The van der Waals surface area contributed by atoms with E-state index in [1.807, 2.05) is 42.6 Å². The van der Waals surface area contributed by atoms with E-state index in [0.29, 0.717) is 5.88 Å². The molecule has 0 aliphatic carbocycles. The van der Waals surface area contributed by atoms with E-state index in [1.54, 1.807) is 6.20 Å². The number of fused-ring (bicyclic) bond motifs is 3.